The van der Waals surface area contributed by atoms with Gasteiger partial charge in [-0.05, 0) is 19.1 Å². The summed E-state index contributed by atoms with van der Waals surface area (Å²) in [7, 11) is 0. The van der Waals surface area contributed by atoms with Gasteiger partial charge in [-0.2, -0.15) is 0 Å². The molecule has 0 aliphatic rings. The van der Waals surface area contributed by atoms with Crippen LogP contribution in [0.4, 0.5) is 0 Å². The van der Waals surface area contributed by atoms with Crippen molar-refractivity contribution < 1.29 is 3.44 Å². The van der Waals surface area contributed by atoms with Gasteiger partial charge in [-0.3, -0.25) is 0 Å². The van der Waals surface area contributed by atoms with Crippen LogP contribution in [0.5, 0.6) is 0 Å². The lowest BCUT2D eigenvalue weighted by atomic mass is 10.2. The Hall–Kier alpha value is -0.170. The first-order valence-corrected chi connectivity index (χ1v) is 7.33. The van der Waals surface area contributed by atoms with E-state index in [0.29, 0.717) is 0 Å². The van der Waals surface area contributed by atoms with Crippen molar-refractivity contribution in [1.29, 1.82) is 0 Å². The van der Waals surface area contributed by atoms with Crippen molar-refractivity contribution in [3.63, 3.8) is 0 Å². The summed E-state index contributed by atoms with van der Waals surface area (Å²) >= 11 is 8.68. The Balaban J connectivity index is 0.000000581. The summed E-state index contributed by atoms with van der Waals surface area (Å²) in [6.45, 7) is 6.00. The van der Waals surface area contributed by atoms with Crippen molar-refractivity contribution >= 4 is 45.9 Å². The van der Waals surface area contributed by atoms with Crippen LogP contribution >= 0.6 is 45.9 Å². The van der Waals surface area contributed by atoms with E-state index in [0.717, 1.165) is 44.3 Å². The molecule has 0 saturated carbocycles. The highest BCUT2D eigenvalue weighted by Crippen LogP contribution is 2.23. The maximum atomic E-state index is 6.97. The van der Waals surface area contributed by atoms with Crippen LogP contribution < -0.4 is 0 Å². The van der Waals surface area contributed by atoms with Gasteiger partial charge in [0, 0.05) is 16.0 Å². The molecule has 0 radical (unpaired) electrons. The predicted octanol–water partition coefficient (Wildman–Crippen LogP) is 5.13. The molecule has 17 heavy (non-hydrogen) atoms. The van der Waals surface area contributed by atoms with Crippen molar-refractivity contribution in [3.8, 4) is 11.3 Å². The number of rotatable bonds is 1. The van der Waals surface area contributed by atoms with E-state index in [1.807, 2.05) is 50.4 Å². The molecule has 0 aliphatic carbocycles. The molecular formula is C12H15ClINOS. The third kappa shape index (κ3) is 5.81. The summed E-state index contributed by atoms with van der Waals surface area (Å²) in [6.07, 6.45) is 0. The summed E-state index contributed by atoms with van der Waals surface area (Å²) in [5, 5.41) is 3.87. The van der Waals surface area contributed by atoms with Crippen LogP contribution in [0, 0.1) is 6.92 Å². The molecule has 2 nitrogen and oxygen atoms in total. The van der Waals surface area contributed by atoms with E-state index >= 15 is 0 Å². The minimum atomic E-state index is 0.753. The molecule has 1 aromatic carbocycles. The predicted molar refractivity (Wildman–Crippen MR) is 84.9 cm³/mol. The molecule has 0 bridgehead atoms. The van der Waals surface area contributed by atoms with Crippen LogP contribution in [0.15, 0.2) is 29.6 Å². The average molecular weight is 384 g/mol. The molecule has 1 aromatic heterocycles. The van der Waals surface area contributed by atoms with Crippen LogP contribution in [0.2, 0.25) is 5.02 Å². The second kappa shape index (κ2) is 9.82. The quantitative estimate of drug-likeness (QED) is 0.693. The lowest BCUT2D eigenvalue weighted by Crippen LogP contribution is -1.77. The fourth-order valence-electron chi connectivity index (χ4n) is 1.14. The minimum absolute atomic E-state index is 0.753. The number of hydrogen-bond donors (Lipinski definition) is 1. The molecule has 1 N–H and O–H groups in total. The smallest absolute Gasteiger partial charge is 0.106 e. The largest absolute Gasteiger partial charge is 0.331 e. The highest BCUT2D eigenvalue weighted by molar-refractivity contribution is 14.1. The zero-order valence-electron chi connectivity index (χ0n) is 9.95. The molecular weight excluding hydrogens is 369 g/mol. The topological polar surface area (TPSA) is 33.1 Å². The van der Waals surface area contributed by atoms with E-state index in [1.165, 1.54) is 0 Å². The molecule has 1 heterocycles. The zero-order valence-corrected chi connectivity index (χ0v) is 13.7. The Morgan fingerprint density at radius 3 is 2.41 bits per heavy atom. The Morgan fingerprint density at radius 2 is 1.94 bits per heavy atom. The van der Waals surface area contributed by atoms with E-state index in [4.69, 9.17) is 15.0 Å². The summed E-state index contributed by atoms with van der Waals surface area (Å²) in [5.41, 5.74) is 2.09. The Labute approximate surface area is 125 Å². The van der Waals surface area contributed by atoms with E-state index < -0.39 is 0 Å². The summed E-state index contributed by atoms with van der Waals surface area (Å²) in [4.78, 5) is 4.38. The first-order chi connectivity index (χ1) is 8.25. The number of aryl methyl sites for hydroxylation is 1. The van der Waals surface area contributed by atoms with Gasteiger partial charge >= 0.3 is 0 Å². The van der Waals surface area contributed by atoms with Crippen LogP contribution in [-0.4, -0.2) is 8.42 Å². The Bertz CT molecular complexity index is 434. The van der Waals surface area contributed by atoms with Gasteiger partial charge < -0.3 is 3.44 Å². The number of aromatic nitrogens is 1. The molecule has 94 valence electrons. The zero-order chi connectivity index (χ0) is 13.3. The molecule has 0 unspecified atom stereocenters. The van der Waals surface area contributed by atoms with E-state index in [9.17, 15) is 0 Å². The number of hydrogen-bond acceptors (Lipinski definition) is 3. The van der Waals surface area contributed by atoms with E-state index in [-0.39, 0.29) is 0 Å². The lowest BCUT2D eigenvalue weighted by molar-refractivity contribution is 0.748. The lowest BCUT2D eigenvalue weighted by Gasteiger charge is -1.95. The highest BCUT2D eigenvalue weighted by Gasteiger charge is 2.01. The molecule has 0 fully saturated rings. The average Bonchev–Trinajstić information content (AvgIpc) is 2.81. The fraction of sp³-hybridized carbons (Fsp3) is 0.250. The minimum Gasteiger partial charge on any atom is -0.331 e. The first-order valence-electron chi connectivity index (χ1n) is 5.11. The van der Waals surface area contributed by atoms with Gasteiger partial charge in [-0.25, -0.2) is 4.98 Å². The second-order valence-corrected chi connectivity index (χ2v) is 4.26. The van der Waals surface area contributed by atoms with Crippen LogP contribution in [-0.2, 0) is 0 Å². The van der Waals surface area contributed by atoms with Gasteiger partial charge in [0.05, 0.1) is 10.7 Å². The molecule has 0 spiro atoms. The SMILES string of the molecule is CC.Cc1nc(-c2cccc(Cl)c2)cs1.OI. The van der Waals surface area contributed by atoms with Crippen molar-refractivity contribution in [2.45, 2.75) is 20.8 Å². The first kappa shape index (κ1) is 16.8. The molecule has 0 aliphatic heterocycles. The molecule has 5 heteroatoms. The van der Waals surface area contributed by atoms with Gasteiger partial charge in [-0.15, -0.1) is 11.3 Å². The summed E-state index contributed by atoms with van der Waals surface area (Å²) < 4.78 is 6.97. The maximum absolute atomic E-state index is 6.97. The van der Waals surface area contributed by atoms with Crippen molar-refractivity contribution in [2.75, 3.05) is 0 Å². The number of halogens is 2. The third-order valence-electron chi connectivity index (χ3n) is 1.74. The fourth-order valence-corrected chi connectivity index (χ4v) is 1.96. The molecule has 0 amide bonds. The standard InChI is InChI=1S/C10H8ClNS.C2H6.HIO/c1-7-12-10(6-13-7)8-3-2-4-9(11)5-8;2*1-2/h2-6H,1H3;1-2H3;2H. The third-order valence-corrected chi connectivity index (χ3v) is 2.75. The maximum Gasteiger partial charge on any atom is 0.106 e. The van der Waals surface area contributed by atoms with Gasteiger partial charge in [0.25, 0.3) is 0 Å². The van der Waals surface area contributed by atoms with Gasteiger partial charge in [0.1, 0.15) is 23.0 Å². The van der Waals surface area contributed by atoms with Crippen LogP contribution in [0.3, 0.4) is 0 Å². The number of nitrogens with zero attached hydrogens (tertiary/aromatic N) is 1. The monoisotopic (exact) mass is 383 g/mol. The van der Waals surface area contributed by atoms with Crippen molar-refractivity contribution in [1.82, 2.24) is 4.98 Å². The molecule has 2 aromatic rings. The van der Waals surface area contributed by atoms with Gasteiger partial charge in [0.2, 0.25) is 0 Å². The Morgan fingerprint density at radius 1 is 1.29 bits per heavy atom. The highest BCUT2D eigenvalue weighted by atomic mass is 127. The van der Waals surface area contributed by atoms with E-state index in [2.05, 4.69) is 4.98 Å². The van der Waals surface area contributed by atoms with Crippen LogP contribution in [0.1, 0.15) is 18.9 Å². The van der Waals surface area contributed by atoms with E-state index in [1.54, 1.807) is 11.3 Å². The molecule has 2 rings (SSSR count). The normalized spacial score (nSPS) is 8.59. The number of thiazole rings is 1. The van der Waals surface area contributed by atoms with Crippen LogP contribution in [0.25, 0.3) is 11.3 Å². The van der Waals surface area contributed by atoms with Gasteiger partial charge in [0.15, 0.2) is 0 Å². The van der Waals surface area contributed by atoms with Crippen molar-refractivity contribution in [3.05, 3.63) is 39.7 Å². The van der Waals surface area contributed by atoms with Gasteiger partial charge in [-0.1, -0.05) is 37.6 Å². The Kier molecular flexibility index (Phi) is 9.72. The summed E-state index contributed by atoms with van der Waals surface area (Å²) in [5.74, 6) is 0. The second-order valence-electron chi connectivity index (χ2n) is 2.76. The molecule has 0 saturated heterocycles. The molecule has 0 atom stereocenters. The van der Waals surface area contributed by atoms with Crippen molar-refractivity contribution in [2.24, 2.45) is 0 Å². The summed E-state index contributed by atoms with van der Waals surface area (Å²) in [6, 6.07) is 7.74. The number of benzene rings is 1.